The van der Waals surface area contributed by atoms with Crippen molar-refractivity contribution in [2.24, 2.45) is 0 Å². The van der Waals surface area contributed by atoms with Gasteiger partial charge in [0.25, 0.3) is 0 Å². The van der Waals surface area contributed by atoms with Crippen molar-refractivity contribution in [1.29, 1.82) is 0 Å². The van der Waals surface area contributed by atoms with Crippen LogP contribution in [-0.2, 0) is 0 Å². The molecule has 0 saturated carbocycles. The Balaban J connectivity index is 1.91. The normalized spacial score (nSPS) is 18.3. The van der Waals surface area contributed by atoms with Crippen molar-refractivity contribution in [2.75, 3.05) is 30.4 Å². The Morgan fingerprint density at radius 1 is 1.20 bits per heavy atom. The molecular formula is C14H18N6. The smallest absolute Gasteiger partial charge is 0.225 e. The van der Waals surface area contributed by atoms with Crippen molar-refractivity contribution in [1.82, 2.24) is 19.9 Å². The molecule has 0 radical (unpaired) electrons. The zero-order valence-electron chi connectivity index (χ0n) is 11.8. The van der Waals surface area contributed by atoms with Crippen LogP contribution in [0.3, 0.4) is 0 Å². The van der Waals surface area contributed by atoms with E-state index in [0.29, 0.717) is 0 Å². The van der Waals surface area contributed by atoms with Crippen molar-refractivity contribution in [2.45, 2.75) is 18.9 Å². The zero-order valence-corrected chi connectivity index (χ0v) is 11.8. The van der Waals surface area contributed by atoms with Crippen LogP contribution in [0.5, 0.6) is 0 Å². The molecule has 1 unspecified atom stereocenters. The van der Waals surface area contributed by atoms with Crippen LogP contribution in [0.15, 0.2) is 30.9 Å². The lowest BCUT2D eigenvalue weighted by Crippen LogP contribution is -2.25. The van der Waals surface area contributed by atoms with Crippen molar-refractivity contribution < 1.29 is 0 Å². The average molecular weight is 270 g/mol. The Kier molecular flexibility index (Phi) is 3.45. The zero-order chi connectivity index (χ0) is 13.9. The van der Waals surface area contributed by atoms with Gasteiger partial charge in [0.1, 0.15) is 5.82 Å². The highest BCUT2D eigenvalue weighted by molar-refractivity contribution is 5.41. The maximum atomic E-state index is 4.65. The lowest BCUT2D eigenvalue weighted by atomic mass is 10.1. The fourth-order valence-electron chi connectivity index (χ4n) is 2.55. The monoisotopic (exact) mass is 270 g/mol. The van der Waals surface area contributed by atoms with E-state index in [0.717, 1.165) is 36.8 Å². The van der Waals surface area contributed by atoms with Crippen molar-refractivity contribution >= 4 is 11.8 Å². The molecule has 0 aromatic carbocycles. The van der Waals surface area contributed by atoms with Gasteiger partial charge < -0.3 is 9.80 Å². The minimum atomic E-state index is 0.258. The van der Waals surface area contributed by atoms with E-state index in [1.807, 2.05) is 37.5 Å². The van der Waals surface area contributed by atoms with Gasteiger partial charge in [-0.05, 0) is 18.9 Å². The molecule has 1 fully saturated rings. The highest BCUT2D eigenvalue weighted by atomic mass is 15.3. The van der Waals surface area contributed by atoms with Crippen LogP contribution >= 0.6 is 0 Å². The van der Waals surface area contributed by atoms with Gasteiger partial charge in [0.2, 0.25) is 5.95 Å². The van der Waals surface area contributed by atoms with E-state index in [9.17, 15) is 0 Å². The first-order valence-corrected chi connectivity index (χ1v) is 6.78. The first-order chi connectivity index (χ1) is 9.75. The second-order valence-corrected chi connectivity index (χ2v) is 5.09. The molecular weight excluding hydrogens is 252 g/mol. The van der Waals surface area contributed by atoms with E-state index >= 15 is 0 Å². The molecule has 6 heteroatoms. The van der Waals surface area contributed by atoms with E-state index in [2.05, 4.69) is 24.8 Å². The number of rotatable bonds is 3. The molecule has 0 spiro atoms. The van der Waals surface area contributed by atoms with E-state index < -0.39 is 0 Å². The van der Waals surface area contributed by atoms with Gasteiger partial charge in [-0.15, -0.1) is 0 Å². The third-order valence-corrected chi connectivity index (χ3v) is 3.50. The molecule has 2 aromatic rings. The molecule has 1 atom stereocenters. The van der Waals surface area contributed by atoms with Crippen molar-refractivity contribution in [3.63, 3.8) is 0 Å². The second kappa shape index (κ2) is 5.40. The molecule has 20 heavy (non-hydrogen) atoms. The summed E-state index contributed by atoms with van der Waals surface area (Å²) in [5.74, 6) is 1.66. The number of hydrogen-bond donors (Lipinski definition) is 0. The minimum absolute atomic E-state index is 0.258. The fourth-order valence-corrected chi connectivity index (χ4v) is 2.55. The summed E-state index contributed by atoms with van der Waals surface area (Å²) in [5.41, 5.74) is 1.05. The summed E-state index contributed by atoms with van der Waals surface area (Å²) in [7, 11) is 3.91. The van der Waals surface area contributed by atoms with E-state index in [1.54, 1.807) is 12.4 Å². The summed E-state index contributed by atoms with van der Waals surface area (Å²) in [6.45, 7) is 0.991. The number of anilines is 2. The Morgan fingerprint density at radius 2 is 2.10 bits per heavy atom. The largest absolute Gasteiger partial charge is 0.347 e. The van der Waals surface area contributed by atoms with Crippen LogP contribution in [0.1, 0.15) is 24.6 Å². The van der Waals surface area contributed by atoms with Gasteiger partial charge in [-0.2, -0.15) is 0 Å². The van der Waals surface area contributed by atoms with Crippen molar-refractivity contribution in [3.05, 3.63) is 36.5 Å². The molecule has 3 rings (SSSR count). The lowest BCUT2D eigenvalue weighted by Gasteiger charge is -2.25. The van der Waals surface area contributed by atoms with Gasteiger partial charge in [-0.25, -0.2) is 15.0 Å². The maximum Gasteiger partial charge on any atom is 0.225 e. The Hall–Kier alpha value is -2.24. The Morgan fingerprint density at radius 3 is 2.85 bits per heavy atom. The molecule has 0 N–H and O–H groups in total. The first kappa shape index (κ1) is 12.8. The Bertz CT molecular complexity index is 571. The summed E-state index contributed by atoms with van der Waals surface area (Å²) in [4.78, 5) is 21.7. The average Bonchev–Trinajstić information content (AvgIpc) is 2.98. The molecule has 1 aliphatic heterocycles. The van der Waals surface area contributed by atoms with Gasteiger partial charge in [-0.3, -0.25) is 4.98 Å². The van der Waals surface area contributed by atoms with E-state index in [4.69, 9.17) is 0 Å². The third kappa shape index (κ3) is 2.41. The molecule has 2 aromatic heterocycles. The molecule has 104 valence electrons. The fraction of sp³-hybridized carbons (Fsp3) is 0.429. The van der Waals surface area contributed by atoms with Crippen LogP contribution in [-0.4, -0.2) is 40.6 Å². The predicted octanol–water partition coefficient (Wildman–Crippen LogP) is 1.67. The first-order valence-electron chi connectivity index (χ1n) is 6.78. The van der Waals surface area contributed by atoms with Crippen LogP contribution in [0.25, 0.3) is 0 Å². The minimum Gasteiger partial charge on any atom is -0.347 e. The summed E-state index contributed by atoms with van der Waals surface area (Å²) in [5, 5.41) is 0. The summed E-state index contributed by atoms with van der Waals surface area (Å²) in [6, 6.07) is 2.25. The SMILES string of the molecule is CN(C)c1nccc(C2CCCN2c2cnccn2)n1. The molecule has 0 bridgehead atoms. The highest BCUT2D eigenvalue weighted by Gasteiger charge is 2.28. The topological polar surface area (TPSA) is 58.0 Å². The molecule has 3 heterocycles. The van der Waals surface area contributed by atoms with Gasteiger partial charge >= 0.3 is 0 Å². The highest BCUT2D eigenvalue weighted by Crippen LogP contribution is 2.34. The van der Waals surface area contributed by atoms with Crippen molar-refractivity contribution in [3.8, 4) is 0 Å². The van der Waals surface area contributed by atoms with Gasteiger partial charge in [0.15, 0.2) is 0 Å². The quantitative estimate of drug-likeness (QED) is 0.845. The molecule has 0 amide bonds. The van der Waals surface area contributed by atoms with Crippen LogP contribution in [0, 0.1) is 0 Å². The van der Waals surface area contributed by atoms with E-state index in [-0.39, 0.29) is 6.04 Å². The molecule has 1 aliphatic rings. The predicted molar refractivity (Wildman–Crippen MR) is 77.7 cm³/mol. The number of nitrogens with zero attached hydrogens (tertiary/aromatic N) is 6. The van der Waals surface area contributed by atoms with Gasteiger partial charge in [0.05, 0.1) is 17.9 Å². The Labute approximate surface area is 118 Å². The number of hydrogen-bond acceptors (Lipinski definition) is 6. The lowest BCUT2D eigenvalue weighted by molar-refractivity contribution is 0.682. The molecule has 6 nitrogen and oxygen atoms in total. The second-order valence-electron chi connectivity index (χ2n) is 5.09. The standard InChI is InChI=1S/C14H18N6/c1-19(2)14-17-6-5-11(18-14)12-4-3-9-20(12)13-10-15-7-8-16-13/h5-8,10,12H,3-4,9H2,1-2H3. The van der Waals surface area contributed by atoms with Crippen LogP contribution in [0.4, 0.5) is 11.8 Å². The van der Waals surface area contributed by atoms with Crippen LogP contribution < -0.4 is 9.80 Å². The van der Waals surface area contributed by atoms with E-state index in [1.165, 1.54) is 0 Å². The molecule has 0 aliphatic carbocycles. The van der Waals surface area contributed by atoms with Gasteiger partial charge in [-0.1, -0.05) is 0 Å². The maximum absolute atomic E-state index is 4.65. The third-order valence-electron chi connectivity index (χ3n) is 3.50. The number of aromatic nitrogens is 4. The summed E-state index contributed by atoms with van der Waals surface area (Å²) < 4.78 is 0. The van der Waals surface area contributed by atoms with Crippen LogP contribution in [0.2, 0.25) is 0 Å². The summed E-state index contributed by atoms with van der Waals surface area (Å²) >= 11 is 0. The van der Waals surface area contributed by atoms with Gasteiger partial charge in [0, 0.05) is 39.2 Å². The molecule has 1 saturated heterocycles. The summed E-state index contributed by atoms with van der Waals surface area (Å²) in [6.07, 6.45) is 9.29.